The van der Waals surface area contributed by atoms with E-state index >= 15 is 0 Å². The van der Waals surface area contributed by atoms with Crippen LogP contribution in [0, 0.1) is 0 Å². The maximum Gasteiger partial charge on any atom is 0.325 e. The molecule has 0 bridgehead atoms. The maximum atomic E-state index is 11.2. The minimum Gasteiger partial charge on any atom is -0.480 e. The number of nitrogens with zero attached hydrogens (tertiary/aromatic N) is 2. The smallest absolute Gasteiger partial charge is 0.325 e. The Kier molecular flexibility index (Phi) is 4.25. The topological polar surface area (TPSA) is 120 Å². The van der Waals surface area contributed by atoms with Crippen molar-refractivity contribution < 1.29 is 14.7 Å². The van der Waals surface area contributed by atoms with E-state index in [1.165, 1.54) is 13.3 Å². The fourth-order valence-corrected chi connectivity index (χ4v) is 0.955. The number of carbonyl (C=O) groups is 2. The molecule has 8 nitrogen and oxygen atoms in total. The molecule has 0 saturated heterocycles. The van der Waals surface area contributed by atoms with Crippen molar-refractivity contribution in [1.29, 1.82) is 0 Å². The zero-order valence-corrected chi connectivity index (χ0v) is 8.73. The minimum atomic E-state index is -1.08. The first-order valence-corrected chi connectivity index (χ1v) is 4.71. The third-order valence-corrected chi connectivity index (χ3v) is 1.83. The fraction of sp³-hybridized carbons (Fsp3) is 0.500. The summed E-state index contributed by atoms with van der Waals surface area (Å²) in [6.07, 6.45) is 1.89. The van der Waals surface area contributed by atoms with Gasteiger partial charge in [-0.05, 0) is 6.92 Å². The zero-order valence-electron chi connectivity index (χ0n) is 8.73. The molecular weight excluding hydrogens is 214 g/mol. The van der Waals surface area contributed by atoms with Crippen molar-refractivity contribution in [2.45, 2.75) is 19.4 Å². The molecule has 0 unspecified atom stereocenters. The number of carboxylic acids is 1. The summed E-state index contributed by atoms with van der Waals surface area (Å²) in [7, 11) is 0. The highest BCUT2D eigenvalue weighted by atomic mass is 16.4. The van der Waals surface area contributed by atoms with Gasteiger partial charge in [0.05, 0.1) is 0 Å². The normalized spacial score (nSPS) is 11.8. The van der Waals surface area contributed by atoms with Crippen LogP contribution >= 0.6 is 0 Å². The second-order valence-electron chi connectivity index (χ2n) is 3.14. The second-order valence-corrected chi connectivity index (χ2v) is 3.14. The number of carbonyl (C=O) groups excluding carboxylic acids is 1. The number of H-pyrrole nitrogens is 1. The van der Waals surface area contributed by atoms with Crippen molar-refractivity contribution >= 4 is 12.0 Å². The molecule has 0 fully saturated rings. The van der Waals surface area contributed by atoms with Crippen LogP contribution in [0.5, 0.6) is 0 Å². The molecule has 16 heavy (non-hydrogen) atoms. The molecule has 8 heteroatoms. The summed E-state index contributed by atoms with van der Waals surface area (Å²) in [6.45, 7) is 1.74. The molecule has 1 atom stereocenters. The SMILES string of the molecule is C[C@H](NC(=O)NCCc1ncn[nH]1)C(=O)O. The lowest BCUT2D eigenvalue weighted by Crippen LogP contribution is -2.44. The number of amides is 2. The Morgan fingerprint density at radius 1 is 1.62 bits per heavy atom. The largest absolute Gasteiger partial charge is 0.480 e. The van der Waals surface area contributed by atoms with Crippen molar-refractivity contribution in [1.82, 2.24) is 25.8 Å². The van der Waals surface area contributed by atoms with Crippen molar-refractivity contribution in [2.24, 2.45) is 0 Å². The van der Waals surface area contributed by atoms with Crippen LogP contribution < -0.4 is 10.6 Å². The quantitative estimate of drug-likeness (QED) is 0.520. The van der Waals surface area contributed by atoms with E-state index in [9.17, 15) is 9.59 Å². The van der Waals surface area contributed by atoms with Crippen LogP contribution in [-0.2, 0) is 11.2 Å². The van der Waals surface area contributed by atoms with Crippen LogP contribution in [0.25, 0.3) is 0 Å². The lowest BCUT2D eigenvalue weighted by Gasteiger charge is -2.09. The molecule has 4 N–H and O–H groups in total. The lowest BCUT2D eigenvalue weighted by atomic mass is 10.3. The van der Waals surface area contributed by atoms with Crippen molar-refractivity contribution in [3.8, 4) is 0 Å². The highest BCUT2D eigenvalue weighted by Crippen LogP contribution is 1.86. The van der Waals surface area contributed by atoms with E-state index in [4.69, 9.17) is 5.11 Å². The third-order valence-electron chi connectivity index (χ3n) is 1.83. The van der Waals surface area contributed by atoms with Gasteiger partial charge in [0.15, 0.2) is 0 Å². The van der Waals surface area contributed by atoms with Gasteiger partial charge in [-0.25, -0.2) is 9.78 Å². The summed E-state index contributed by atoms with van der Waals surface area (Å²) in [5.41, 5.74) is 0. The van der Waals surface area contributed by atoms with Gasteiger partial charge >= 0.3 is 12.0 Å². The number of urea groups is 1. The summed E-state index contributed by atoms with van der Waals surface area (Å²) in [4.78, 5) is 25.5. The molecule has 1 aromatic heterocycles. The average Bonchev–Trinajstić information content (AvgIpc) is 2.70. The van der Waals surface area contributed by atoms with Crippen LogP contribution in [0.1, 0.15) is 12.7 Å². The molecular formula is C8H13N5O3. The zero-order chi connectivity index (χ0) is 12.0. The van der Waals surface area contributed by atoms with Gasteiger partial charge in [-0.2, -0.15) is 5.10 Å². The first-order valence-electron chi connectivity index (χ1n) is 4.71. The lowest BCUT2D eigenvalue weighted by molar-refractivity contribution is -0.138. The standard InChI is InChI=1S/C8H13N5O3/c1-5(7(14)15)12-8(16)9-3-2-6-10-4-11-13-6/h4-5H,2-3H2,1H3,(H,14,15)(H2,9,12,16)(H,10,11,13)/t5-/m0/s1. The molecule has 0 radical (unpaired) electrons. The molecule has 88 valence electrons. The predicted octanol–water partition coefficient (Wildman–Crippen LogP) is -0.880. The number of aliphatic carboxylic acids is 1. The van der Waals surface area contributed by atoms with Gasteiger partial charge in [0, 0.05) is 13.0 Å². The van der Waals surface area contributed by atoms with Crippen LogP contribution in [0.15, 0.2) is 6.33 Å². The first kappa shape index (κ1) is 12.0. The van der Waals surface area contributed by atoms with Gasteiger partial charge in [0.1, 0.15) is 18.2 Å². The van der Waals surface area contributed by atoms with E-state index in [0.29, 0.717) is 18.8 Å². The highest BCUT2D eigenvalue weighted by molar-refractivity contribution is 5.82. The third kappa shape index (κ3) is 3.95. The molecule has 1 heterocycles. The molecule has 0 aromatic carbocycles. The maximum absolute atomic E-state index is 11.2. The Morgan fingerprint density at radius 3 is 2.94 bits per heavy atom. The first-order chi connectivity index (χ1) is 7.59. The molecule has 1 aromatic rings. The van der Waals surface area contributed by atoms with Gasteiger partial charge in [-0.3, -0.25) is 9.89 Å². The number of rotatable bonds is 5. The Morgan fingerprint density at radius 2 is 2.38 bits per heavy atom. The second kappa shape index (κ2) is 5.69. The van der Waals surface area contributed by atoms with Crippen LogP contribution in [0.4, 0.5) is 4.79 Å². The number of hydrogen-bond donors (Lipinski definition) is 4. The van der Waals surface area contributed by atoms with E-state index in [2.05, 4.69) is 25.8 Å². The minimum absolute atomic E-state index is 0.355. The predicted molar refractivity (Wildman–Crippen MR) is 53.7 cm³/mol. The van der Waals surface area contributed by atoms with Gasteiger partial charge in [-0.15, -0.1) is 0 Å². The van der Waals surface area contributed by atoms with Gasteiger partial charge in [0.2, 0.25) is 0 Å². The molecule has 0 aliphatic heterocycles. The number of aromatic nitrogens is 3. The summed E-state index contributed by atoms with van der Waals surface area (Å²) in [5, 5.41) is 19.6. The molecule has 2 amide bonds. The van der Waals surface area contributed by atoms with Crippen LogP contribution in [0.3, 0.4) is 0 Å². The van der Waals surface area contributed by atoms with Gasteiger partial charge in [0.25, 0.3) is 0 Å². The molecule has 0 aliphatic rings. The Hall–Kier alpha value is -2.12. The summed E-state index contributed by atoms with van der Waals surface area (Å²) < 4.78 is 0. The molecule has 0 saturated carbocycles. The molecule has 1 rings (SSSR count). The Bertz CT molecular complexity index is 351. The van der Waals surface area contributed by atoms with Crippen LogP contribution in [0.2, 0.25) is 0 Å². The van der Waals surface area contributed by atoms with E-state index in [-0.39, 0.29) is 0 Å². The average molecular weight is 227 g/mol. The highest BCUT2D eigenvalue weighted by Gasteiger charge is 2.12. The Labute approximate surface area is 91.5 Å². The number of hydrogen-bond acceptors (Lipinski definition) is 4. The van der Waals surface area contributed by atoms with Crippen molar-refractivity contribution in [3.05, 3.63) is 12.2 Å². The van der Waals surface area contributed by atoms with E-state index < -0.39 is 18.0 Å². The van der Waals surface area contributed by atoms with Crippen LogP contribution in [-0.4, -0.2) is 44.9 Å². The summed E-state index contributed by atoms with van der Waals surface area (Å²) in [5.74, 6) is -0.419. The Balaban J connectivity index is 2.18. The summed E-state index contributed by atoms with van der Waals surface area (Å²) >= 11 is 0. The number of nitrogens with one attached hydrogen (secondary N) is 3. The monoisotopic (exact) mass is 227 g/mol. The van der Waals surface area contributed by atoms with Gasteiger partial charge in [-0.1, -0.05) is 0 Å². The number of aromatic amines is 1. The molecule has 0 spiro atoms. The van der Waals surface area contributed by atoms with Gasteiger partial charge < -0.3 is 15.7 Å². The van der Waals surface area contributed by atoms with E-state index in [1.807, 2.05) is 0 Å². The van der Waals surface area contributed by atoms with Crippen molar-refractivity contribution in [3.63, 3.8) is 0 Å². The molecule has 0 aliphatic carbocycles. The number of carboxylic acid groups (broad SMARTS) is 1. The van der Waals surface area contributed by atoms with Crippen molar-refractivity contribution in [2.75, 3.05) is 6.54 Å². The fourth-order valence-electron chi connectivity index (χ4n) is 0.955. The van der Waals surface area contributed by atoms with E-state index in [0.717, 1.165) is 0 Å². The summed E-state index contributed by atoms with van der Waals surface area (Å²) in [6, 6.07) is -1.43. The van der Waals surface area contributed by atoms with E-state index in [1.54, 1.807) is 0 Å².